The highest BCUT2D eigenvalue weighted by atomic mass is 32.2. The number of anilines is 1. The number of H-pyrrole nitrogens is 1. The average Bonchev–Trinajstić information content (AvgIpc) is 3.31. The number of ether oxygens (including phenoxy) is 3. The van der Waals surface area contributed by atoms with Crippen LogP contribution in [0, 0.1) is 0 Å². The van der Waals surface area contributed by atoms with Crippen molar-refractivity contribution >= 4 is 45.3 Å². The number of amides is 1. The summed E-state index contributed by atoms with van der Waals surface area (Å²) in [4.78, 5) is 34.6. The van der Waals surface area contributed by atoms with E-state index in [-0.39, 0.29) is 17.2 Å². The maximum absolute atomic E-state index is 13.8. The van der Waals surface area contributed by atoms with Crippen molar-refractivity contribution in [1.29, 1.82) is 0 Å². The van der Waals surface area contributed by atoms with Crippen molar-refractivity contribution in [2.24, 2.45) is 0 Å². The molecule has 10 heteroatoms. The van der Waals surface area contributed by atoms with Gasteiger partial charge in [-0.15, -0.1) is 0 Å². The van der Waals surface area contributed by atoms with Gasteiger partial charge in [0.25, 0.3) is 5.56 Å². The minimum atomic E-state index is -0.284. The molecule has 0 bridgehead atoms. The summed E-state index contributed by atoms with van der Waals surface area (Å²) >= 11 is 1.16. The fourth-order valence-electron chi connectivity index (χ4n) is 4.11. The van der Waals surface area contributed by atoms with Gasteiger partial charge >= 0.3 is 0 Å². The van der Waals surface area contributed by atoms with E-state index in [4.69, 9.17) is 19.2 Å². The van der Waals surface area contributed by atoms with Gasteiger partial charge in [0, 0.05) is 22.7 Å². The molecule has 0 atom stereocenters. The number of nitrogens with zero attached hydrogens (tertiary/aromatic N) is 2. The van der Waals surface area contributed by atoms with Crippen LogP contribution < -0.4 is 25.1 Å². The Bertz CT molecular complexity index is 1680. The predicted molar refractivity (Wildman–Crippen MR) is 145 cm³/mol. The van der Waals surface area contributed by atoms with Crippen LogP contribution in [0.2, 0.25) is 0 Å². The fourth-order valence-corrected chi connectivity index (χ4v) is 4.91. The lowest BCUT2D eigenvalue weighted by atomic mass is 10.2. The number of methoxy groups -OCH3 is 3. The highest BCUT2D eigenvalue weighted by Crippen LogP contribution is 2.31. The Morgan fingerprint density at radius 3 is 2.46 bits per heavy atom. The molecule has 0 saturated heterocycles. The molecule has 0 spiro atoms. The number of para-hydroxylation sites is 3. The van der Waals surface area contributed by atoms with Gasteiger partial charge in [0.15, 0.2) is 16.7 Å². The maximum Gasteiger partial charge on any atom is 0.283 e. The summed E-state index contributed by atoms with van der Waals surface area (Å²) in [6.07, 6.45) is 0. The fraction of sp³-hybridized carbons (Fsp3) is 0.148. The smallest absolute Gasteiger partial charge is 0.283 e. The maximum atomic E-state index is 13.8. The molecule has 37 heavy (non-hydrogen) atoms. The Kier molecular flexibility index (Phi) is 6.74. The molecule has 2 N–H and O–H groups in total. The molecule has 0 aliphatic heterocycles. The summed E-state index contributed by atoms with van der Waals surface area (Å²) in [6, 6.07) is 19.9. The van der Waals surface area contributed by atoms with Gasteiger partial charge in [0.2, 0.25) is 5.91 Å². The molecular weight excluding hydrogens is 492 g/mol. The number of hydrogen-bond acceptors (Lipinski definition) is 7. The van der Waals surface area contributed by atoms with Crippen LogP contribution in [0.4, 0.5) is 5.69 Å². The normalized spacial score (nSPS) is 11.0. The first-order chi connectivity index (χ1) is 18.0. The highest BCUT2D eigenvalue weighted by Gasteiger charge is 2.20. The van der Waals surface area contributed by atoms with Crippen molar-refractivity contribution in [2.75, 3.05) is 32.4 Å². The molecule has 0 aliphatic rings. The van der Waals surface area contributed by atoms with Crippen LogP contribution in [0.15, 0.2) is 76.7 Å². The molecule has 188 valence electrons. The molecule has 0 unspecified atom stereocenters. The van der Waals surface area contributed by atoms with E-state index in [1.54, 1.807) is 44.6 Å². The summed E-state index contributed by atoms with van der Waals surface area (Å²) in [5.74, 6) is 1.33. The van der Waals surface area contributed by atoms with Crippen LogP contribution in [-0.4, -0.2) is 47.5 Å². The molecule has 0 radical (unpaired) electrons. The van der Waals surface area contributed by atoms with Gasteiger partial charge in [0.05, 0.1) is 32.8 Å². The molecule has 0 fully saturated rings. The van der Waals surface area contributed by atoms with E-state index >= 15 is 0 Å². The van der Waals surface area contributed by atoms with Gasteiger partial charge in [0.1, 0.15) is 16.8 Å². The van der Waals surface area contributed by atoms with Crippen molar-refractivity contribution in [3.05, 3.63) is 77.1 Å². The Morgan fingerprint density at radius 2 is 1.68 bits per heavy atom. The van der Waals surface area contributed by atoms with Crippen molar-refractivity contribution in [3.8, 4) is 22.9 Å². The van der Waals surface area contributed by atoms with E-state index in [1.165, 1.54) is 11.7 Å². The molecule has 2 heterocycles. The van der Waals surface area contributed by atoms with E-state index in [0.717, 1.165) is 22.7 Å². The first-order valence-electron chi connectivity index (χ1n) is 11.4. The van der Waals surface area contributed by atoms with Crippen LogP contribution in [0.1, 0.15) is 0 Å². The second-order valence-electron chi connectivity index (χ2n) is 8.01. The zero-order chi connectivity index (χ0) is 25.9. The molecule has 1 amide bonds. The molecule has 9 nitrogen and oxygen atoms in total. The number of carbonyl (C=O) groups excluding carboxylic acids is 1. The number of fused-ring (bicyclic) bond motifs is 3. The first-order valence-corrected chi connectivity index (χ1v) is 12.3. The molecule has 3 aromatic carbocycles. The summed E-state index contributed by atoms with van der Waals surface area (Å²) in [7, 11) is 4.62. The van der Waals surface area contributed by atoms with Crippen molar-refractivity contribution in [1.82, 2.24) is 14.5 Å². The van der Waals surface area contributed by atoms with Gasteiger partial charge in [-0.05, 0) is 30.3 Å². The lowest BCUT2D eigenvalue weighted by molar-refractivity contribution is -0.113. The third-order valence-electron chi connectivity index (χ3n) is 5.82. The van der Waals surface area contributed by atoms with Gasteiger partial charge in [-0.25, -0.2) is 9.55 Å². The SMILES string of the molecule is COc1ccc(NC(=O)CSc2nc3c([nH]c4ccccc43)c(=O)n2-c2ccccc2OC)cc1OC. The number of carbonyl (C=O) groups is 1. The second-order valence-corrected chi connectivity index (χ2v) is 8.95. The number of nitrogens with one attached hydrogen (secondary N) is 2. The first kappa shape index (κ1) is 24.3. The van der Waals surface area contributed by atoms with Crippen LogP contribution in [0.25, 0.3) is 27.6 Å². The minimum Gasteiger partial charge on any atom is -0.495 e. The third-order valence-corrected chi connectivity index (χ3v) is 6.76. The summed E-state index contributed by atoms with van der Waals surface area (Å²) in [6.45, 7) is 0. The Hall–Kier alpha value is -4.44. The molecule has 2 aromatic heterocycles. The van der Waals surface area contributed by atoms with E-state index in [9.17, 15) is 9.59 Å². The Balaban J connectivity index is 1.53. The Morgan fingerprint density at radius 1 is 0.946 bits per heavy atom. The largest absolute Gasteiger partial charge is 0.495 e. The van der Waals surface area contributed by atoms with Crippen molar-refractivity contribution in [3.63, 3.8) is 0 Å². The van der Waals surface area contributed by atoms with Crippen molar-refractivity contribution < 1.29 is 19.0 Å². The molecule has 5 aromatic rings. The third kappa shape index (κ3) is 4.58. The van der Waals surface area contributed by atoms with Gasteiger partial charge < -0.3 is 24.5 Å². The quantitative estimate of drug-likeness (QED) is 0.229. The second kappa shape index (κ2) is 10.3. The number of rotatable bonds is 8. The van der Waals surface area contributed by atoms with Gasteiger partial charge in [-0.3, -0.25) is 9.59 Å². The lowest BCUT2D eigenvalue weighted by Crippen LogP contribution is -2.23. The molecule has 0 aliphatic carbocycles. The zero-order valence-corrected chi connectivity index (χ0v) is 21.2. The van der Waals surface area contributed by atoms with Crippen LogP contribution in [0.3, 0.4) is 0 Å². The minimum absolute atomic E-state index is 0.0177. The number of aromatic nitrogens is 3. The van der Waals surface area contributed by atoms with E-state index in [1.807, 2.05) is 36.4 Å². The average molecular weight is 517 g/mol. The number of hydrogen-bond donors (Lipinski definition) is 2. The summed E-state index contributed by atoms with van der Waals surface area (Å²) in [5.41, 5.74) is 2.55. The van der Waals surface area contributed by atoms with E-state index in [0.29, 0.717) is 44.8 Å². The predicted octanol–water partition coefficient (Wildman–Crippen LogP) is 4.62. The van der Waals surface area contributed by atoms with E-state index < -0.39 is 0 Å². The highest BCUT2D eigenvalue weighted by molar-refractivity contribution is 7.99. The number of aromatic amines is 1. The van der Waals surface area contributed by atoms with Gasteiger partial charge in [-0.2, -0.15) is 0 Å². The number of benzene rings is 3. The zero-order valence-electron chi connectivity index (χ0n) is 20.4. The summed E-state index contributed by atoms with van der Waals surface area (Å²) in [5, 5.41) is 4.06. The van der Waals surface area contributed by atoms with Crippen LogP contribution >= 0.6 is 11.8 Å². The van der Waals surface area contributed by atoms with Crippen LogP contribution in [-0.2, 0) is 4.79 Å². The monoisotopic (exact) mass is 516 g/mol. The lowest BCUT2D eigenvalue weighted by Gasteiger charge is -2.15. The van der Waals surface area contributed by atoms with E-state index in [2.05, 4.69) is 10.3 Å². The summed E-state index contributed by atoms with van der Waals surface area (Å²) < 4.78 is 17.6. The Labute approximate surface area is 216 Å². The molecular formula is C27H24N4O5S. The standard InChI is InChI=1S/C27H24N4O5S/c1-34-20-11-7-6-10-19(20)31-26(33)25-24(17-8-4-5-9-18(17)29-25)30-27(31)37-15-23(32)28-16-12-13-21(35-2)22(14-16)36-3/h4-14,29H,15H2,1-3H3,(H,28,32). The number of thioether (sulfide) groups is 1. The molecule has 0 saturated carbocycles. The van der Waals surface area contributed by atoms with Crippen LogP contribution in [0.5, 0.6) is 17.2 Å². The molecule has 5 rings (SSSR count). The van der Waals surface area contributed by atoms with Gasteiger partial charge in [-0.1, -0.05) is 42.1 Å². The van der Waals surface area contributed by atoms with Crippen molar-refractivity contribution in [2.45, 2.75) is 5.16 Å². The topological polar surface area (TPSA) is 107 Å².